The fraction of sp³-hybridized carbons (Fsp3) is 0.424. The van der Waals surface area contributed by atoms with Crippen LogP contribution in [0.3, 0.4) is 0 Å². The molecule has 0 saturated heterocycles. The van der Waals surface area contributed by atoms with Gasteiger partial charge >= 0.3 is 0 Å². The van der Waals surface area contributed by atoms with E-state index in [9.17, 15) is 5.11 Å². The van der Waals surface area contributed by atoms with Crippen LogP contribution >= 0.6 is 0 Å². The molecule has 0 aliphatic heterocycles. The number of aliphatic hydroxyl groups is 1. The van der Waals surface area contributed by atoms with Crippen molar-refractivity contribution in [1.82, 2.24) is 4.98 Å². The predicted molar refractivity (Wildman–Crippen MR) is 151 cm³/mol. The summed E-state index contributed by atoms with van der Waals surface area (Å²) < 4.78 is 0. The molecule has 0 radical (unpaired) electrons. The van der Waals surface area contributed by atoms with Crippen molar-refractivity contribution in [2.45, 2.75) is 91.1 Å². The Morgan fingerprint density at radius 2 is 1.46 bits per heavy atom. The van der Waals surface area contributed by atoms with Crippen LogP contribution in [-0.2, 0) is 11.8 Å². The van der Waals surface area contributed by atoms with Gasteiger partial charge < -0.3 is 5.11 Å². The van der Waals surface area contributed by atoms with E-state index < -0.39 is 5.60 Å². The monoisotopic (exact) mass is 469 g/mol. The molecule has 0 bridgehead atoms. The van der Waals surface area contributed by atoms with Crippen LogP contribution in [0.1, 0.15) is 94.5 Å². The third-order valence-electron chi connectivity index (χ3n) is 7.92. The summed E-state index contributed by atoms with van der Waals surface area (Å²) in [5.41, 5.74) is 7.85. The summed E-state index contributed by atoms with van der Waals surface area (Å²) in [4.78, 5) is 4.70. The van der Waals surface area contributed by atoms with E-state index >= 15 is 0 Å². The zero-order valence-electron chi connectivity index (χ0n) is 22.6. The second-order valence-corrected chi connectivity index (χ2v) is 9.88. The SMILES string of the molecule is CCCc1ccc(-c2ccc(C(CC)(CC)c3ccc(/C=C/C(O)(CC)CC)c(C)c3)cc2)nc1. The molecule has 2 heteroatoms. The third-order valence-corrected chi connectivity index (χ3v) is 7.92. The summed E-state index contributed by atoms with van der Waals surface area (Å²) in [5.74, 6) is 0. The number of benzene rings is 2. The lowest BCUT2D eigenvalue weighted by Crippen LogP contribution is -2.26. The first-order valence-electron chi connectivity index (χ1n) is 13.4. The predicted octanol–water partition coefficient (Wildman–Crippen LogP) is 8.68. The third kappa shape index (κ3) is 5.93. The molecule has 2 nitrogen and oxygen atoms in total. The molecule has 3 rings (SSSR count). The van der Waals surface area contributed by atoms with Crippen LogP contribution in [0.25, 0.3) is 17.3 Å². The van der Waals surface area contributed by atoms with Crippen LogP contribution in [-0.4, -0.2) is 15.7 Å². The first-order valence-corrected chi connectivity index (χ1v) is 13.4. The Bertz CT molecular complexity index is 1100. The first kappa shape index (κ1) is 26.9. The lowest BCUT2D eigenvalue weighted by Gasteiger charge is -2.34. The quantitative estimate of drug-likeness (QED) is 0.305. The highest BCUT2D eigenvalue weighted by molar-refractivity contribution is 5.61. The van der Waals surface area contributed by atoms with E-state index in [2.05, 4.69) is 88.4 Å². The van der Waals surface area contributed by atoms with Gasteiger partial charge in [-0.15, -0.1) is 0 Å². The Kier molecular flexibility index (Phi) is 9.08. The van der Waals surface area contributed by atoms with Gasteiger partial charge in [0.25, 0.3) is 0 Å². The average molecular weight is 470 g/mol. The van der Waals surface area contributed by atoms with Crippen LogP contribution in [0.2, 0.25) is 0 Å². The van der Waals surface area contributed by atoms with Crippen molar-refractivity contribution in [3.63, 3.8) is 0 Å². The van der Waals surface area contributed by atoms with Crippen LogP contribution in [0, 0.1) is 6.92 Å². The van der Waals surface area contributed by atoms with Crippen LogP contribution in [0.5, 0.6) is 0 Å². The minimum Gasteiger partial charge on any atom is -0.386 e. The van der Waals surface area contributed by atoms with Crippen molar-refractivity contribution in [1.29, 1.82) is 0 Å². The molecule has 0 saturated carbocycles. The summed E-state index contributed by atoms with van der Waals surface area (Å²) in [6.07, 6.45) is 11.8. The smallest absolute Gasteiger partial charge is 0.0825 e. The molecule has 0 spiro atoms. The van der Waals surface area contributed by atoms with Gasteiger partial charge in [0.15, 0.2) is 0 Å². The molecular weight excluding hydrogens is 426 g/mol. The molecular formula is C33H43NO. The zero-order valence-corrected chi connectivity index (χ0v) is 22.6. The Balaban J connectivity index is 1.91. The molecule has 1 aromatic heterocycles. The number of nitrogens with zero attached hydrogens (tertiary/aromatic N) is 1. The molecule has 3 aromatic rings. The Morgan fingerprint density at radius 3 is 1.97 bits per heavy atom. The van der Waals surface area contributed by atoms with E-state index in [-0.39, 0.29) is 5.41 Å². The number of aromatic nitrogens is 1. The fourth-order valence-electron chi connectivity index (χ4n) is 5.12. The average Bonchev–Trinajstić information content (AvgIpc) is 2.90. The molecule has 0 amide bonds. The maximum absolute atomic E-state index is 10.6. The van der Waals surface area contributed by atoms with Gasteiger partial charge in [-0.1, -0.05) is 102 Å². The van der Waals surface area contributed by atoms with Crippen LogP contribution in [0.15, 0.2) is 66.9 Å². The summed E-state index contributed by atoms with van der Waals surface area (Å²) in [7, 11) is 0. The Labute approximate surface area is 213 Å². The molecule has 0 atom stereocenters. The second kappa shape index (κ2) is 11.8. The van der Waals surface area contributed by atoms with Gasteiger partial charge in [-0.25, -0.2) is 0 Å². The molecule has 1 N–H and O–H groups in total. The Morgan fingerprint density at radius 1 is 0.800 bits per heavy atom. The van der Waals surface area contributed by atoms with Crippen molar-refractivity contribution in [2.24, 2.45) is 0 Å². The number of rotatable bonds is 11. The fourth-order valence-corrected chi connectivity index (χ4v) is 5.12. The van der Waals surface area contributed by atoms with Crippen LogP contribution in [0.4, 0.5) is 0 Å². The Hall–Kier alpha value is -2.71. The van der Waals surface area contributed by atoms with Gasteiger partial charge in [0, 0.05) is 17.2 Å². The zero-order chi connectivity index (χ0) is 25.5. The van der Waals surface area contributed by atoms with E-state index in [1.807, 2.05) is 26.1 Å². The minimum absolute atomic E-state index is 0.0302. The first-order chi connectivity index (χ1) is 16.8. The summed E-state index contributed by atoms with van der Waals surface area (Å²) in [6.45, 7) is 13.0. The topological polar surface area (TPSA) is 33.1 Å². The number of hydrogen-bond donors (Lipinski definition) is 1. The number of aryl methyl sites for hydroxylation is 2. The van der Waals surface area contributed by atoms with Gasteiger partial charge in [0.2, 0.25) is 0 Å². The van der Waals surface area contributed by atoms with Crippen molar-refractivity contribution in [2.75, 3.05) is 0 Å². The van der Waals surface area contributed by atoms with Crippen molar-refractivity contribution < 1.29 is 5.11 Å². The molecule has 0 fully saturated rings. The number of hydrogen-bond acceptors (Lipinski definition) is 2. The highest BCUT2D eigenvalue weighted by Crippen LogP contribution is 2.40. The van der Waals surface area contributed by atoms with E-state index in [0.717, 1.165) is 49.8 Å². The van der Waals surface area contributed by atoms with Gasteiger partial charge in [0.05, 0.1) is 11.3 Å². The van der Waals surface area contributed by atoms with E-state index in [0.29, 0.717) is 0 Å². The van der Waals surface area contributed by atoms with Gasteiger partial charge in [0.1, 0.15) is 0 Å². The van der Waals surface area contributed by atoms with Crippen molar-refractivity contribution in [3.8, 4) is 11.3 Å². The number of pyridine rings is 1. The van der Waals surface area contributed by atoms with E-state index in [1.54, 1.807) is 0 Å². The lowest BCUT2D eigenvalue weighted by molar-refractivity contribution is 0.0836. The highest BCUT2D eigenvalue weighted by atomic mass is 16.3. The van der Waals surface area contributed by atoms with E-state index in [1.165, 1.54) is 27.8 Å². The maximum Gasteiger partial charge on any atom is 0.0825 e. The molecule has 0 aliphatic carbocycles. The molecule has 0 aliphatic rings. The normalized spacial score (nSPS) is 12.4. The molecule has 1 heterocycles. The van der Waals surface area contributed by atoms with Gasteiger partial charge in [-0.2, -0.15) is 0 Å². The highest BCUT2D eigenvalue weighted by Gasteiger charge is 2.31. The molecule has 186 valence electrons. The summed E-state index contributed by atoms with van der Waals surface area (Å²) in [6, 6.07) is 20.2. The van der Waals surface area contributed by atoms with Crippen LogP contribution < -0.4 is 0 Å². The molecule has 0 unspecified atom stereocenters. The largest absolute Gasteiger partial charge is 0.386 e. The van der Waals surface area contributed by atoms with Crippen molar-refractivity contribution in [3.05, 3.63) is 94.7 Å². The van der Waals surface area contributed by atoms with Gasteiger partial charge in [-0.05, 0) is 72.9 Å². The lowest BCUT2D eigenvalue weighted by atomic mass is 9.70. The van der Waals surface area contributed by atoms with Gasteiger partial charge in [-0.3, -0.25) is 4.98 Å². The summed E-state index contributed by atoms with van der Waals surface area (Å²) in [5, 5.41) is 10.6. The van der Waals surface area contributed by atoms with E-state index in [4.69, 9.17) is 4.98 Å². The minimum atomic E-state index is -0.728. The molecule has 2 aromatic carbocycles. The standard InChI is InChI=1S/C33H43NO/c1-7-12-26-13-20-31(34-24-26)28-15-17-29(18-16-28)33(10-4,11-5)30-19-14-27(25(6)23-30)21-22-32(35,8-2)9-3/h13-24,35H,7-12H2,1-6H3/b22-21+. The molecule has 35 heavy (non-hydrogen) atoms. The second-order valence-electron chi connectivity index (χ2n) is 9.88. The maximum atomic E-state index is 10.6. The van der Waals surface area contributed by atoms with Crippen molar-refractivity contribution >= 4 is 6.08 Å². The summed E-state index contributed by atoms with van der Waals surface area (Å²) >= 11 is 0.